The van der Waals surface area contributed by atoms with Crippen LogP contribution in [0.2, 0.25) is 0 Å². The molecule has 0 aliphatic rings. The molecule has 0 saturated carbocycles. The van der Waals surface area contributed by atoms with Crippen LogP contribution in [0.5, 0.6) is 0 Å². The molecule has 74 valence electrons. The Kier molecular flexibility index (Phi) is 3.88. The highest BCUT2D eigenvalue weighted by Gasteiger charge is 1.97. The maximum atomic E-state index is 8.63. The van der Waals surface area contributed by atoms with Crippen LogP contribution in [-0.2, 0) is 0 Å². The van der Waals surface area contributed by atoms with E-state index < -0.39 is 0 Å². The van der Waals surface area contributed by atoms with Gasteiger partial charge in [-0.25, -0.2) is 0 Å². The fourth-order valence-electron chi connectivity index (χ4n) is 1.10. The molecule has 2 N–H and O–H groups in total. The van der Waals surface area contributed by atoms with Crippen molar-refractivity contribution in [3.8, 4) is 0 Å². The first-order chi connectivity index (χ1) is 6.77. The molecule has 0 unspecified atom stereocenters. The van der Waals surface area contributed by atoms with Gasteiger partial charge in [0.1, 0.15) is 0 Å². The number of aliphatic hydroxyl groups is 1. The molecule has 0 heterocycles. The van der Waals surface area contributed by atoms with E-state index in [1.165, 1.54) is 0 Å². The minimum atomic E-state index is 0.0957. The largest absolute Gasteiger partial charge is 0.395 e. The summed E-state index contributed by atoms with van der Waals surface area (Å²) in [6.45, 7) is 7.91. The Morgan fingerprint density at radius 3 is 2.93 bits per heavy atom. The van der Waals surface area contributed by atoms with Gasteiger partial charge in [-0.3, -0.25) is 4.99 Å². The standard InChI is InChI=1S/C11H14N2O/c1-9(13-6-7-14)10-4-3-5-11(8-10)12-2/h3-5,8,13-14H,1-2,6-7H2. The molecule has 1 aromatic carbocycles. The molecular weight excluding hydrogens is 176 g/mol. The number of aliphatic hydroxyl groups excluding tert-OH is 1. The lowest BCUT2D eigenvalue weighted by molar-refractivity contribution is 0.299. The van der Waals surface area contributed by atoms with Crippen LogP contribution in [0.25, 0.3) is 5.70 Å². The third-order valence-corrected chi connectivity index (χ3v) is 1.83. The highest BCUT2D eigenvalue weighted by molar-refractivity contribution is 5.65. The summed E-state index contributed by atoms with van der Waals surface area (Å²) in [4.78, 5) is 3.83. The van der Waals surface area contributed by atoms with E-state index in [1.807, 2.05) is 24.3 Å². The Balaban J connectivity index is 2.74. The molecule has 0 bridgehead atoms. The normalized spacial score (nSPS) is 9.50. The van der Waals surface area contributed by atoms with Crippen LogP contribution in [-0.4, -0.2) is 25.0 Å². The first kappa shape index (κ1) is 10.5. The molecule has 3 nitrogen and oxygen atoms in total. The average molecular weight is 190 g/mol. The number of hydrogen-bond acceptors (Lipinski definition) is 3. The minimum absolute atomic E-state index is 0.0957. The molecule has 0 atom stereocenters. The summed E-state index contributed by atoms with van der Waals surface area (Å²) < 4.78 is 0. The summed E-state index contributed by atoms with van der Waals surface area (Å²) in [6, 6.07) is 7.59. The van der Waals surface area contributed by atoms with Gasteiger partial charge in [-0.1, -0.05) is 18.7 Å². The van der Waals surface area contributed by atoms with Gasteiger partial charge in [-0.05, 0) is 24.4 Å². The molecule has 0 aliphatic heterocycles. The number of benzene rings is 1. The second-order valence-electron chi connectivity index (χ2n) is 2.84. The van der Waals surface area contributed by atoms with Gasteiger partial charge in [-0.2, -0.15) is 0 Å². The lowest BCUT2D eigenvalue weighted by atomic mass is 10.1. The summed E-state index contributed by atoms with van der Waals surface area (Å²) in [7, 11) is 0. The van der Waals surface area contributed by atoms with Crippen LogP contribution < -0.4 is 5.32 Å². The zero-order valence-electron chi connectivity index (χ0n) is 8.03. The molecule has 1 aromatic rings. The van der Waals surface area contributed by atoms with E-state index in [-0.39, 0.29) is 6.61 Å². The molecule has 0 fully saturated rings. The fourth-order valence-corrected chi connectivity index (χ4v) is 1.10. The molecule has 0 amide bonds. The highest BCUT2D eigenvalue weighted by Crippen LogP contribution is 2.17. The summed E-state index contributed by atoms with van der Waals surface area (Å²) in [6.07, 6.45) is 0. The second kappa shape index (κ2) is 5.19. The molecule has 0 saturated heterocycles. The fraction of sp³-hybridized carbons (Fsp3) is 0.182. The first-order valence-corrected chi connectivity index (χ1v) is 4.38. The van der Waals surface area contributed by atoms with Gasteiger partial charge < -0.3 is 10.4 Å². The van der Waals surface area contributed by atoms with Crippen molar-refractivity contribution in [3.05, 3.63) is 36.4 Å². The third kappa shape index (κ3) is 2.71. The van der Waals surface area contributed by atoms with Gasteiger partial charge in [0.15, 0.2) is 0 Å². The monoisotopic (exact) mass is 190 g/mol. The molecule has 0 radical (unpaired) electrons. The van der Waals surface area contributed by atoms with Crippen LogP contribution in [0, 0.1) is 0 Å². The quantitative estimate of drug-likeness (QED) is 0.692. The van der Waals surface area contributed by atoms with E-state index >= 15 is 0 Å². The van der Waals surface area contributed by atoms with Gasteiger partial charge in [-0.15, -0.1) is 0 Å². The van der Waals surface area contributed by atoms with E-state index in [4.69, 9.17) is 5.11 Å². The zero-order valence-corrected chi connectivity index (χ0v) is 8.03. The van der Waals surface area contributed by atoms with Crippen LogP contribution in [0.15, 0.2) is 35.8 Å². The second-order valence-corrected chi connectivity index (χ2v) is 2.84. The molecule has 0 aromatic heterocycles. The maximum absolute atomic E-state index is 8.63. The van der Waals surface area contributed by atoms with Crippen molar-refractivity contribution in [1.82, 2.24) is 5.32 Å². The smallest absolute Gasteiger partial charge is 0.0629 e. The number of aliphatic imine (C=N–C) groups is 1. The van der Waals surface area contributed by atoms with E-state index in [1.54, 1.807) is 0 Å². The molecular formula is C11H14N2O. The van der Waals surface area contributed by atoms with Gasteiger partial charge in [0, 0.05) is 12.2 Å². The van der Waals surface area contributed by atoms with Crippen LogP contribution in [0.4, 0.5) is 5.69 Å². The van der Waals surface area contributed by atoms with Crippen LogP contribution >= 0.6 is 0 Å². The molecule has 14 heavy (non-hydrogen) atoms. The van der Waals surface area contributed by atoms with Crippen molar-refractivity contribution >= 4 is 18.1 Å². The Hall–Kier alpha value is -1.61. The number of nitrogens with one attached hydrogen (secondary N) is 1. The van der Waals surface area contributed by atoms with Crippen molar-refractivity contribution in [2.24, 2.45) is 4.99 Å². The Morgan fingerprint density at radius 2 is 2.29 bits per heavy atom. The summed E-state index contributed by atoms with van der Waals surface area (Å²) in [5.41, 5.74) is 2.56. The van der Waals surface area contributed by atoms with Gasteiger partial charge >= 0.3 is 0 Å². The molecule has 0 spiro atoms. The molecule has 3 heteroatoms. The molecule has 0 aliphatic carbocycles. The predicted molar refractivity (Wildman–Crippen MR) is 59.8 cm³/mol. The van der Waals surface area contributed by atoms with Crippen molar-refractivity contribution in [2.45, 2.75) is 0 Å². The van der Waals surface area contributed by atoms with Crippen molar-refractivity contribution < 1.29 is 5.11 Å². The van der Waals surface area contributed by atoms with Gasteiger partial charge in [0.25, 0.3) is 0 Å². The third-order valence-electron chi connectivity index (χ3n) is 1.83. The first-order valence-electron chi connectivity index (χ1n) is 4.38. The number of nitrogens with zero attached hydrogens (tertiary/aromatic N) is 1. The summed E-state index contributed by atoms with van der Waals surface area (Å²) in [5.74, 6) is 0. The average Bonchev–Trinajstić information content (AvgIpc) is 2.26. The summed E-state index contributed by atoms with van der Waals surface area (Å²) >= 11 is 0. The van der Waals surface area contributed by atoms with E-state index in [2.05, 4.69) is 23.6 Å². The van der Waals surface area contributed by atoms with Crippen molar-refractivity contribution in [2.75, 3.05) is 13.2 Å². The predicted octanol–water partition coefficient (Wildman–Crippen LogP) is 1.57. The SMILES string of the molecule is C=Nc1cccc(C(=C)NCCO)c1. The van der Waals surface area contributed by atoms with E-state index in [0.29, 0.717) is 6.54 Å². The number of hydrogen-bond donors (Lipinski definition) is 2. The van der Waals surface area contributed by atoms with E-state index in [9.17, 15) is 0 Å². The van der Waals surface area contributed by atoms with Gasteiger partial charge in [0.2, 0.25) is 0 Å². The lowest BCUT2D eigenvalue weighted by Gasteiger charge is -2.08. The Bertz CT molecular complexity index is 334. The Morgan fingerprint density at radius 1 is 1.50 bits per heavy atom. The van der Waals surface area contributed by atoms with Crippen molar-refractivity contribution in [3.63, 3.8) is 0 Å². The maximum Gasteiger partial charge on any atom is 0.0629 e. The lowest BCUT2D eigenvalue weighted by Crippen LogP contribution is -2.15. The van der Waals surface area contributed by atoms with Gasteiger partial charge in [0.05, 0.1) is 12.3 Å². The van der Waals surface area contributed by atoms with Crippen LogP contribution in [0.3, 0.4) is 0 Å². The van der Waals surface area contributed by atoms with Crippen LogP contribution in [0.1, 0.15) is 5.56 Å². The van der Waals surface area contributed by atoms with Crippen molar-refractivity contribution in [1.29, 1.82) is 0 Å². The molecule has 1 rings (SSSR count). The number of rotatable bonds is 5. The Labute approximate surface area is 83.8 Å². The highest BCUT2D eigenvalue weighted by atomic mass is 16.3. The summed E-state index contributed by atoms with van der Waals surface area (Å²) in [5, 5.41) is 11.6. The topological polar surface area (TPSA) is 44.6 Å². The zero-order chi connectivity index (χ0) is 10.4. The van der Waals surface area contributed by atoms with E-state index in [0.717, 1.165) is 16.9 Å². The minimum Gasteiger partial charge on any atom is -0.395 e.